The average Bonchev–Trinajstić information content (AvgIpc) is 3.24. The molecule has 1 aromatic carbocycles. The smallest absolute Gasteiger partial charge is 0.246 e. The molecule has 0 bridgehead atoms. The number of benzene rings is 1. The van der Waals surface area contributed by atoms with Gasteiger partial charge in [0.25, 0.3) is 0 Å². The van der Waals surface area contributed by atoms with Gasteiger partial charge in [-0.2, -0.15) is 9.40 Å². The molecule has 0 spiro atoms. The molecule has 2 aromatic rings. The zero-order valence-corrected chi connectivity index (χ0v) is 13.7. The van der Waals surface area contributed by atoms with E-state index in [2.05, 4.69) is 5.10 Å². The van der Waals surface area contributed by atoms with Gasteiger partial charge in [0.15, 0.2) is 0 Å². The van der Waals surface area contributed by atoms with Crippen molar-refractivity contribution in [3.63, 3.8) is 0 Å². The molecule has 0 saturated carbocycles. The van der Waals surface area contributed by atoms with Gasteiger partial charge in [-0.15, -0.1) is 0 Å². The summed E-state index contributed by atoms with van der Waals surface area (Å²) in [5.41, 5.74) is 6.38. The number of hydrogen-bond donors (Lipinski definition) is 1. The molecule has 2 heterocycles. The molecule has 1 fully saturated rings. The van der Waals surface area contributed by atoms with E-state index in [1.807, 2.05) is 18.2 Å². The number of nitrogens with zero attached hydrogens (tertiary/aromatic N) is 3. The van der Waals surface area contributed by atoms with Gasteiger partial charge in [0.2, 0.25) is 10.0 Å². The van der Waals surface area contributed by atoms with Gasteiger partial charge in [-0.3, -0.25) is 0 Å². The molecule has 1 aliphatic rings. The number of hydrogen-bond acceptors (Lipinski definition) is 5. The van der Waals surface area contributed by atoms with Crippen molar-refractivity contribution in [2.45, 2.75) is 23.8 Å². The molecule has 124 valence electrons. The fourth-order valence-electron chi connectivity index (χ4n) is 2.89. The van der Waals surface area contributed by atoms with Crippen molar-refractivity contribution in [1.29, 1.82) is 0 Å². The normalized spacial score (nSPS) is 19.1. The Morgan fingerprint density at radius 2 is 2.17 bits per heavy atom. The van der Waals surface area contributed by atoms with E-state index >= 15 is 0 Å². The monoisotopic (exact) mass is 336 g/mol. The molecular weight excluding hydrogens is 316 g/mol. The van der Waals surface area contributed by atoms with Crippen molar-refractivity contribution in [2.75, 3.05) is 20.2 Å². The molecule has 8 heteroatoms. The largest absolute Gasteiger partial charge is 0.494 e. The summed E-state index contributed by atoms with van der Waals surface area (Å²) in [6, 6.07) is 7.18. The first-order valence-electron chi connectivity index (χ1n) is 7.48. The highest BCUT2D eigenvalue weighted by Gasteiger charge is 2.35. The third-order valence-electron chi connectivity index (χ3n) is 4.09. The van der Waals surface area contributed by atoms with Crippen molar-refractivity contribution in [2.24, 2.45) is 5.73 Å². The molecule has 0 amide bonds. The third-order valence-corrected chi connectivity index (χ3v) is 6.00. The van der Waals surface area contributed by atoms with Crippen LogP contribution in [0.1, 0.15) is 12.8 Å². The summed E-state index contributed by atoms with van der Waals surface area (Å²) >= 11 is 0. The molecule has 0 unspecified atom stereocenters. The molecule has 1 aromatic heterocycles. The number of sulfonamides is 1. The maximum absolute atomic E-state index is 12.8. The van der Waals surface area contributed by atoms with Crippen molar-refractivity contribution in [3.8, 4) is 11.4 Å². The number of ether oxygens (including phenoxy) is 1. The molecular formula is C15H20N4O3S. The first-order valence-corrected chi connectivity index (χ1v) is 8.92. The lowest BCUT2D eigenvalue weighted by Crippen LogP contribution is -2.39. The van der Waals surface area contributed by atoms with Gasteiger partial charge in [-0.1, -0.05) is 12.1 Å². The molecule has 1 aliphatic heterocycles. The van der Waals surface area contributed by atoms with Crippen LogP contribution >= 0.6 is 0 Å². The van der Waals surface area contributed by atoms with E-state index < -0.39 is 10.0 Å². The van der Waals surface area contributed by atoms with Crippen LogP contribution in [-0.2, 0) is 10.0 Å². The minimum atomic E-state index is -3.58. The van der Waals surface area contributed by atoms with Crippen LogP contribution in [0, 0.1) is 0 Å². The van der Waals surface area contributed by atoms with E-state index in [-0.39, 0.29) is 10.9 Å². The summed E-state index contributed by atoms with van der Waals surface area (Å²) < 4.78 is 33.9. The highest BCUT2D eigenvalue weighted by molar-refractivity contribution is 7.89. The molecule has 1 atom stereocenters. The summed E-state index contributed by atoms with van der Waals surface area (Å²) in [5, 5.41) is 4.18. The third kappa shape index (κ3) is 2.85. The van der Waals surface area contributed by atoms with E-state index in [4.69, 9.17) is 10.5 Å². The van der Waals surface area contributed by atoms with Crippen LogP contribution < -0.4 is 10.5 Å². The van der Waals surface area contributed by atoms with Gasteiger partial charge in [0, 0.05) is 19.1 Å². The van der Waals surface area contributed by atoms with Crippen LogP contribution in [0.5, 0.6) is 5.75 Å². The zero-order valence-electron chi connectivity index (χ0n) is 12.9. The maximum atomic E-state index is 12.8. The minimum Gasteiger partial charge on any atom is -0.494 e. The van der Waals surface area contributed by atoms with Crippen molar-refractivity contribution >= 4 is 10.0 Å². The van der Waals surface area contributed by atoms with Crippen LogP contribution in [0.3, 0.4) is 0 Å². The fourth-order valence-corrected chi connectivity index (χ4v) is 4.52. The Bertz CT molecular complexity index is 788. The quantitative estimate of drug-likeness (QED) is 0.879. The van der Waals surface area contributed by atoms with Crippen LogP contribution in [0.4, 0.5) is 0 Å². The summed E-state index contributed by atoms with van der Waals surface area (Å²) in [6.07, 6.45) is 4.52. The Kier molecular flexibility index (Phi) is 4.38. The van der Waals surface area contributed by atoms with E-state index in [1.165, 1.54) is 21.4 Å². The highest BCUT2D eigenvalue weighted by atomic mass is 32.2. The molecule has 1 saturated heterocycles. The molecule has 23 heavy (non-hydrogen) atoms. The number of para-hydroxylation sites is 2. The molecule has 0 aliphatic carbocycles. The van der Waals surface area contributed by atoms with Crippen molar-refractivity contribution in [1.82, 2.24) is 14.1 Å². The Hall–Kier alpha value is -1.90. The molecule has 7 nitrogen and oxygen atoms in total. The van der Waals surface area contributed by atoms with Gasteiger partial charge >= 0.3 is 0 Å². The molecule has 3 rings (SSSR count). The van der Waals surface area contributed by atoms with E-state index in [1.54, 1.807) is 13.2 Å². The Morgan fingerprint density at radius 1 is 1.39 bits per heavy atom. The van der Waals surface area contributed by atoms with Crippen LogP contribution in [0.25, 0.3) is 5.69 Å². The number of aromatic nitrogens is 2. The fraction of sp³-hybridized carbons (Fsp3) is 0.400. The number of rotatable bonds is 5. The maximum Gasteiger partial charge on any atom is 0.246 e. The Balaban J connectivity index is 1.95. The van der Waals surface area contributed by atoms with E-state index in [0.717, 1.165) is 12.8 Å². The van der Waals surface area contributed by atoms with Crippen molar-refractivity contribution < 1.29 is 13.2 Å². The van der Waals surface area contributed by atoms with Gasteiger partial charge in [-0.25, -0.2) is 13.1 Å². The van der Waals surface area contributed by atoms with Gasteiger partial charge in [-0.05, 0) is 25.0 Å². The predicted octanol–water partition coefficient (Wildman–Crippen LogP) is 0.993. The SMILES string of the molecule is COc1ccccc1-n1cc(S(=O)(=O)N2CCC[C@@H]2CN)cn1. The van der Waals surface area contributed by atoms with Crippen molar-refractivity contribution in [3.05, 3.63) is 36.7 Å². The lowest BCUT2D eigenvalue weighted by molar-refractivity contribution is 0.393. The highest BCUT2D eigenvalue weighted by Crippen LogP contribution is 2.27. The second kappa shape index (κ2) is 6.31. The van der Waals surface area contributed by atoms with E-state index in [9.17, 15) is 8.42 Å². The Morgan fingerprint density at radius 3 is 2.91 bits per heavy atom. The van der Waals surface area contributed by atoms with Gasteiger partial charge in [0.1, 0.15) is 16.3 Å². The minimum absolute atomic E-state index is 0.130. The lowest BCUT2D eigenvalue weighted by atomic mass is 10.2. The first kappa shape index (κ1) is 16.0. The number of methoxy groups -OCH3 is 1. The van der Waals surface area contributed by atoms with Crippen LogP contribution in [0.15, 0.2) is 41.6 Å². The first-order chi connectivity index (χ1) is 11.1. The molecule has 2 N–H and O–H groups in total. The number of nitrogens with two attached hydrogens (primary N) is 1. The second-order valence-corrected chi connectivity index (χ2v) is 7.33. The average molecular weight is 336 g/mol. The Labute approximate surface area is 135 Å². The standard InChI is InChI=1S/C15H20N4O3S/c1-22-15-7-3-2-6-14(15)18-11-13(10-17-18)23(20,21)19-8-4-5-12(19)9-16/h2-3,6-7,10-12H,4-5,8-9,16H2,1H3/t12-/m1/s1. The summed E-state index contributed by atoms with van der Waals surface area (Å²) in [5.74, 6) is 0.626. The summed E-state index contributed by atoms with van der Waals surface area (Å²) in [6.45, 7) is 0.837. The van der Waals surface area contributed by atoms with Crippen LogP contribution in [-0.4, -0.2) is 48.7 Å². The summed E-state index contributed by atoms with van der Waals surface area (Å²) in [7, 11) is -2.01. The van der Waals surface area contributed by atoms with Gasteiger partial charge < -0.3 is 10.5 Å². The van der Waals surface area contributed by atoms with Crippen LogP contribution in [0.2, 0.25) is 0 Å². The zero-order chi connectivity index (χ0) is 16.4. The molecule has 0 radical (unpaired) electrons. The van der Waals surface area contributed by atoms with E-state index in [0.29, 0.717) is 24.5 Å². The lowest BCUT2D eigenvalue weighted by Gasteiger charge is -2.21. The summed E-state index contributed by atoms with van der Waals surface area (Å²) in [4.78, 5) is 0.170. The van der Waals surface area contributed by atoms with Gasteiger partial charge in [0.05, 0.1) is 19.5 Å². The second-order valence-electron chi connectivity index (χ2n) is 5.44. The topological polar surface area (TPSA) is 90.5 Å². The predicted molar refractivity (Wildman–Crippen MR) is 86.1 cm³/mol.